The van der Waals surface area contributed by atoms with Crippen molar-refractivity contribution in [2.75, 3.05) is 20.2 Å². The van der Waals surface area contributed by atoms with Gasteiger partial charge in [-0.25, -0.2) is 4.79 Å². The lowest BCUT2D eigenvalue weighted by atomic mass is 9.84. The number of methoxy groups -OCH3 is 1. The molecule has 4 heterocycles. The number of carbonyl (C=O) groups is 2. The molecule has 6 rings (SSSR count). The van der Waals surface area contributed by atoms with E-state index < -0.39 is 0 Å². The molecule has 0 unspecified atom stereocenters. The number of esters is 1. The van der Waals surface area contributed by atoms with Gasteiger partial charge in [0.1, 0.15) is 0 Å². The number of ketones is 1. The van der Waals surface area contributed by atoms with Gasteiger partial charge in [-0.3, -0.25) is 4.79 Å². The van der Waals surface area contributed by atoms with Crippen molar-refractivity contribution < 1.29 is 14.3 Å². The van der Waals surface area contributed by atoms with E-state index in [9.17, 15) is 9.59 Å². The fraction of sp³-hybridized carbons (Fsp3) is 0.280. The summed E-state index contributed by atoms with van der Waals surface area (Å²) in [7, 11) is 1.39. The van der Waals surface area contributed by atoms with Crippen LogP contribution in [0.5, 0.6) is 0 Å². The van der Waals surface area contributed by atoms with Crippen LogP contribution in [-0.4, -0.2) is 41.4 Å². The Hall–Kier alpha value is -3.34. The van der Waals surface area contributed by atoms with Crippen molar-refractivity contribution in [1.82, 2.24) is 9.47 Å². The number of hydrogen-bond acceptors (Lipinski definition) is 4. The van der Waals surface area contributed by atoms with Gasteiger partial charge in [-0.05, 0) is 36.6 Å². The number of piperidine rings is 3. The lowest BCUT2D eigenvalue weighted by Gasteiger charge is -2.41. The van der Waals surface area contributed by atoms with Crippen LogP contribution in [0, 0.1) is 5.92 Å². The highest BCUT2D eigenvalue weighted by molar-refractivity contribution is 6.04. The predicted molar refractivity (Wildman–Crippen MR) is 116 cm³/mol. The molecule has 0 atom stereocenters. The van der Waals surface area contributed by atoms with Crippen molar-refractivity contribution in [3.05, 3.63) is 77.1 Å². The highest BCUT2D eigenvalue weighted by Gasteiger charge is 2.36. The fourth-order valence-corrected chi connectivity index (χ4v) is 4.65. The van der Waals surface area contributed by atoms with Crippen LogP contribution < -0.4 is 0 Å². The van der Waals surface area contributed by atoms with E-state index in [0.717, 1.165) is 48.1 Å². The van der Waals surface area contributed by atoms with Gasteiger partial charge in [-0.2, -0.15) is 0 Å². The van der Waals surface area contributed by atoms with Crippen molar-refractivity contribution in [3.63, 3.8) is 0 Å². The van der Waals surface area contributed by atoms with Crippen LogP contribution in [0.1, 0.15) is 34.3 Å². The summed E-state index contributed by atoms with van der Waals surface area (Å²) in [6, 6.07) is 15.8. The summed E-state index contributed by atoms with van der Waals surface area (Å²) in [5, 5.41) is 1.03. The van der Waals surface area contributed by atoms with E-state index >= 15 is 0 Å². The van der Waals surface area contributed by atoms with E-state index in [-0.39, 0.29) is 17.7 Å². The van der Waals surface area contributed by atoms with Gasteiger partial charge in [0.2, 0.25) is 0 Å². The van der Waals surface area contributed by atoms with Crippen LogP contribution in [0.15, 0.2) is 60.4 Å². The molecule has 3 fully saturated rings. The van der Waals surface area contributed by atoms with Gasteiger partial charge in [-0.1, -0.05) is 36.4 Å². The molecule has 0 N–H and O–H groups in total. The number of Topliss-reactive ketones (excluding diaryl/α,β-unsaturated/α-hetero) is 1. The maximum absolute atomic E-state index is 12.8. The minimum atomic E-state index is -0.352. The first-order valence-electron chi connectivity index (χ1n) is 10.4. The second-order valence-electron chi connectivity index (χ2n) is 8.08. The molecule has 3 aliphatic heterocycles. The average molecular weight is 400 g/mol. The quantitative estimate of drug-likeness (QED) is 0.489. The van der Waals surface area contributed by atoms with Gasteiger partial charge in [0.25, 0.3) is 0 Å². The number of hydrogen-bond donors (Lipinski definition) is 0. The largest absolute Gasteiger partial charge is 0.465 e. The molecule has 5 nitrogen and oxygen atoms in total. The molecule has 0 aliphatic carbocycles. The van der Waals surface area contributed by atoms with Gasteiger partial charge in [-0.15, -0.1) is 0 Å². The summed E-state index contributed by atoms with van der Waals surface area (Å²) >= 11 is 0. The Labute approximate surface area is 175 Å². The number of allylic oxidation sites excluding steroid dienone is 1. The Balaban J connectivity index is 1.62. The highest BCUT2D eigenvalue weighted by Crippen LogP contribution is 2.34. The standard InChI is InChI=1S/C25H24N2O3/c1-30-25(29)19-7-8-21-20(14-23-24(28)18-9-11-26(23)12-10-18)16-27(22(21)13-19)15-17-5-3-2-4-6-17/h2-8,13-14,16,18H,9-12,15H2,1H3. The smallest absolute Gasteiger partial charge is 0.337 e. The first kappa shape index (κ1) is 18.7. The summed E-state index contributed by atoms with van der Waals surface area (Å²) in [5.41, 5.74) is 4.49. The lowest BCUT2D eigenvalue weighted by Crippen LogP contribution is -2.45. The SMILES string of the molecule is COC(=O)c1ccc2c(C=C3C(=O)C4CCN3CC4)cn(Cc3ccccc3)c2c1. The zero-order chi connectivity index (χ0) is 20.7. The van der Waals surface area contributed by atoms with E-state index in [1.807, 2.05) is 36.4 Å². The number of benzene rings is 2. The number of nitrogens with zero attached hydrogens (tertiary/aromatic N) is 2. The van der Waals surface area contributed by atoms with Gasteiger partial charge in [0.15, 0.2) is 5.78 Å². The molecule has 0 spiro atoms. The Morgan fingerprint density at radius 1 is 1.13 bits per heavy atom. The van der Waals surface area contributed by atoms with E-state index in [1.165, 1.54) is 12.7 Å². The Bertz CT molecular complexity index is 1150. The van der Waals surface area contributed by atoms with Crippen molar-refractivity contribution in [2.24, 2.45) is 5.92 Å². The number of fused-ring (bicyclic) bond motifs is 4. The molecule has 3 aromatic rings. The summed E-state index contributed by atoms with van der Waals surface area (Å²) in [6.07, 6.45) is 6.06. The molecule has 2 aromatic carbocycles. The van der Waals surface area contributed by atoms with E-state index in [1.54, 1.807) is 6.07 Å². The molecular weight excluding hydrogens is 376 g/mol. The van der Waals surface area contributed by atoms with Crippen molar-refractivity contribution in [1.29, 1.82) is 0 Å². The van der Waals surface area contributed by atoms with Crippen LogP contribution >= 0.6 is 0 Å². The molecule has 0 radical (unpaired) electrons. The molecule has 5 heteroatoms. The molecule has 0 saturated carbocycles. The Morgan fingerprint density at radius 3 is 2.60 bits per heavy atom. The minimum absolute atomic E-state index is 0.171. The van der Waals surface area contributed by atoms with Gasteiger partial charge >= 0.3 is 5.97 Å². The number of aromatic nitrogens is 1. The molecule has 152 valence electrons. The molecule has 0 amide bonds. The van der Waals surface area contributed by atoms with E-state index in [4.69, 9.17) is 4.74 Å². The first-order chi connectivity index (χ1) is 14.6. The van der Waals surface area contributed by atoms with Crippen LogP contribution in [0.3, 0.4) is 0 Å². The maximum Gasteiger partial charge on any atom is 0.337 e. The third-order valence-electron chi connectivity index (χ3n) is 6.28. The lowest BCUT2D eigenvalue weighted by molar-refractivity contribution is -0.125. The van der Waals surface area contributed by atoms with Crippen LogP contribution in [0.4, 0.5) is 0 Å². The fourth-order valence-electron chi connectivity index (χ4n) is 4.65. The first-order valence-corrected chi connectivity index (χ1v) is 10.4. The van der Waals surface area contributed by atoms with Gasteiger partial charge in [0.05, 0.1) is 18.4 Å². The Kier molecular flexibility index (Phi) is 4.66. The van der Waals surface area contributed by atoms with E-state index in [0.29, 0.717) is 12.1 Å². The number of ether oxygens (including phenoxy) is 1. The topological polar surface area (TPSA) is 51.5 Å². The summed E-state index contributed by atoms with van der Waals surface area (Å²) < 4.78 is 7.05. The second-order valence-corrected chi connectivity index (χ2v) is 8.08. The third-order valence-corrected chi connectivity index (χ3v) is 6.28. The highest BCUT2D eigenvalue weighted by atomic mass is 16.5. The molecule has 1 aromatic heterocycles. The Morgan fingerprint density at radius 2 is 1.90 bits per heavy atom. The van der Waals surface area contributed by atoms with E-state index in [2.05, 4.69) is 27.8 Å². The third kappa shape index (κ3) is 3.20. The van der Waals surface area contributed by atoms with Crippen LogP contribution in [0.25, 0.3) is 17.0 Å². The van der Waals surface area contributed by atoms with Crippen molar-refractivity contribution >= 4 is 28.7 Å². The molecule has 30 heavy (non-hydrogen) atoms. The van der Waals surface area contributed by atoms with Crippen LogP contribution in [0.2, 0.25) is 0 Å². The zero-order valence-electron chi connectivity index (χ0n) is 17.0. The van der Waals surface area contributed by atoms with Crippen LogP contribution in [-0.2, 0) is 16.1 Å². The minimum Gasteiger partial charge on any atom is -0.465 e. The van der Waals surface area contributed by atoms with Crippen molar-refractivity contribution in [2.45, 2.75) is 19.4 Å². The molecular formula is C25H24N2O3. The summed E-state index contributed by atoms with van der Waals surface area (Å²) in [4.78, 5) is 27.1. The van der Waals surface area contributed by atoms with Gasteiger partial charge < -0.3 is 14.2 Å². The molecule has 2 bridgehead atoms. The summed E-state index contributed by atoms with van der Waals surface area (Å²) in [5.74, 6) is 0.0858. The monoisotopic (exact) mass is 400 g/mol. The van der Waals surface area contributed by atoms with Gasteiger partial charge in [0, 0.05) is 48.2 Å². The van der Waals surface area contributed by atoms with Crippen molar-refractivity contribution in [3.8, 4) is 0 Å². The number of rotatable bonds is 4. The predicted octanol–water partition coefficient (Wildman–Crippen LogP) is 4.11. The maximum atomic E-state index is 12.8. The second kappa shape index (κ2) is 7.48. The molecule has 3 aliphatic rings. The molecule has 3 saturated heterocycles. The number of carbonyl (C=O) groups excluding carboxylic acids is 2. The summed E-state index contributed by atoms with van der Waals surface area (Å²) in [6.45, 7) is 2.60. The normalized spacial score (nSPS) is 17.8. The zero-order valence-corrected chi connectivity index (χ0v) is 17.0. The average Bonchev–Trinajstić information content (AvgIpc) is 3.13.